The van der Waals surface area contributed by atoms with Crippen molar-refractivity contribution in [2.75, 3.05) is 6.54 Å². The van der Waals surface area contributed by atoms with Crippen molar-refractivity contribution >= 4 is 5.91 Å². The van der Waals surface area contributed by atoms with Crippen LogP contribution in [0.5, 0.6) is 0 Å². The first-order chi connectivity index (χ1) is 7.36. The number of amides is 1. The smallest absolute Gasteiger partial charge is 0.249 e. The fraction of sp³-hybridized carbons (Fsp3) is 0.769. The SMILES string of the molecule is O=C(C1=CCCC1)N1CCC2CCCC21. The Bertz CT molecular complexity index is 308. The number of nitrogens with zero attached hydrogens (tertiary/aromatic N) is 1. The second-order valence-corrected chi connectivity index (χ2v) is 5.17. The lowest BCUT2D eigenvalue weighted by Gasteiger charge is -2.24. The van der Waals surface area contributed by atoms with E-state index in [2.05, 4.69) is 11.0 Å². The minimum Gasteiger partial charge on any atom is -0.336 e. The van der Waals surface area contributed by atoms with Crippen molar-refractivity contribution in [3.8, 4) is 0 Å². The fourth-order valence-electron chi connectivity index (χ4n) is 3.54. The molecule has 2 heteroatoms. The van der Waals surface area contributed by atoms with E-state index in [0.29, 0.717) is 11.9 Å². The summed E-state index contributed by atoms with van der Waals surface area (Å²) in [6.07, 6.45) is 10.7. The molecule has 1 heterocycles. The van der Waals surface area contributed by atoms with E-state index < -0.39 is 0 Å². The maximum absolute atomic E-state index is 12.2. The number of allylic oxidation sites excluding steroid dienone is 1. The highest BCUT2D eigenvalue weighted by molar-refractivity contribution is 5.94. The average molecular weight is 205 g/mol. The van der Waals surface area contributed by atoms with Gasteiger partial charge in [0.05, 0.1) is 0 Å². The van der Waals surface area contributed by atoms with Crippen LogP contribution in [0.4, 0.5) is 0 Å². The zero-order valence-electron chi connectivity index (χ0n) is 9.24. The lowest BCUT2D eigenvalue weighted by Crippen LogP contribution is -2.36. The van der Waals surface area contributed by atoms with Gasteiger partial charge in [0.25, 0.3) is 0 Å². The Labute approximate surface area is 91.3 Å². The van der Waals surface area contributed by atoms with Crippen LogP contribution in [0.1, 0.15) is 44.9 Å². The van der Waals surface area contributed by atoms with Gasteiger partial charge in [0.1, 0.15) is 0 Å². The summed E-state index contributed by atoms with van der Waals surface area (Å²) in [5, 5.41) is 0. The number of likely N-dealkylation sites (tertiary alicyclic amines) is 1. The number of hydrogen-bond acceptors (Lipinski definition) is 1. The van der Waals surface area contributed by atoms with Gasteiger partial charge in [-0.1, -0.05) is 12.5 Å². The molecule has 2 atom stereocenters. The third kappa shape index (κ3) is 1.51. The molecule has 2 unspecified atom stereocenters. The van der Waals surface area contributed by atoms with Crippen LogP contribution < -0.4 is 0 Å². The molecular formula is C13H19NO. The Kier molecular flexibility index (Phi) is 2.30. The molecular weight excluding hydrogens is 186 g/mol. The summed E-state index contributed by atoms with van der Waals surface area (Å²) >= 11 is 0. The molecule has 1 saturated carbocycles. The standard InChI is InChI=1S/C13H19NO/c15-13(11-4-1-2-5-11)14-9-8-10-6-3-7-12(10)14/h4,10,12H,1-3,5-9H2. The molecule has 0 radical (unpaired) electrons. The molecule has 15 heavy (non-hydrogen) atoms. The van der Waals surface area contributed by atoms with Crippen molar-refractivity contribution < 1.29 is 4.79 Å². The summed E-state index contributed by atoms with van der Waals surface area (Å²) in [7, 11) is 0. The quantitative estimate of drug-likeness (QED) is 0.644. The van der Waals surface area contributed by atoms with Gasteiger partial charge >= 0.3 is 0 Å². The summed E-state index contributed by atoms with van der Waals surface area (Å²) < 4.78 is 0. The number of hydrogen-bond donors (Lipinski definition) is 0. The lowest BCUT2D eigenvalue weighted by atomic mass is 10.0. The zero-order valence-corrected chi connectivity index (χ0v) is 9.24. The minimum atomic E-state index is 0.363. The average Bonchev–Trinajstić information content (AvgIpc) is 2.94. The summed E-state index contributed by atoms with van der Waals surface area (Å²) in [5.74, 6) is 1.19. The van der Waals surface area contributed by atoms with Crippen molar-refractivity contribution in [3.05, 3.63) is 11.6 Å². The topological polar surface area (TPSA) is 20.3 Å². The van der Waals surface area contributed by atoms with E-state index in [9.17, 15) is 4.79 Å². The first-order valence-electron chi connectivity index (χ1n) is 6.36. The lowest BCUT2D eigenvalue weighted by molar-refractivity contribution is -0.128. The molecule has 3 rings (SSSR count). The maximum Gasteiger partial charge on any atom is 0.249 e. The third-order valence-corrected chi connectivity index (χ3v) is 4.34. The molecule has 1 aliphatic heterocycles. The van der Waals surface area contributed by atoms with Crippen LogP contribution in [0.3, 0.4) is 0 Å². The molecule has 2 nitrogen and oxygen atoms in total. The Morgan fingerprint density at radius 3 is 3.00 bits per heavy atom. The molecule has 0 aromatic rings. The molecule has 0 aromatic carbocycles. The molecule has 2 aliphatic carbocycles. The monoisotopic (exact) mass is 205 g/mol. The second-order valence-electron chi connectivity index (χ2n) is 5.17. The van der Waals surface area contributed by atoms with Crippen molar-refractivity contribution in [3.63, 3.8) is 0 Å². The van der Waals surface area contributed by atoms with E-state index in [4.69, 9.17) is 0 Å². The van der Waals surface area contributed by atoms with Crippen LogP contribution in [0.15, 0.2) is 11.6 Å². The molecule has 2 fully saturated rings. The minimum absolute atomic E-state index is 0.363. The second kappa shape index (κ2) is 3.66. The largest absolute Gasteiger partial charge is 0.336 e. The molecule has 0 aromatic heterocycles. The van der Waals surface area contributed by atoms with Crippen molar-refractivity contribution in [1.29, 1.82) is 0 Å². The van der Waals surface area contributed by atoms with Gasteiger partial charge in [-0.3, -0.25) is 4.79 Å². The van der Waals surface area contributed by atoms with Gasteiger partial charge in [0.15, 0.2) is 0 Å². The fourth-order valence-corrected chi connectivity index (χ4v) is 3.54. The molecule has 1 saturated heterocycles. The number of carbonyl (C=O) groups excluding carboxylic acids is 1. The first-order valence-corrected chi connectivity index (χ1v) is 6.36. The number of fused-ring (bicyclic) bond motifs is 1. The molecule has 1 amide bonds. The summed E-state index contributed by atoms with van der Waals surface area (Å²) in [6.45, 7) is 1.02. The van der Waals surface area contributed by atoms with Crippen LogP contribution in [0, 0.1) is 5.92 Å². The van der Waals surface area contributed by atoms with Crippen LogP contribution in [0.2, 0.25) is 0 Å². The van der Waals surface area contributed by atoms with Crippen molar-refractivity contribution in [2.24, 2.45) is 5.92 Å². The zero-order chi connectivity index (χ0) is 10.3. The summed E-state index contributed by atoms with van der Waals surface area (Å²) in [5.41, 5.74) is 1.10. The first kappa shape index (κ1) is 9.44. The predicted octanol–water partition coefficient (Wildman–Crippen LogP) is 2.50. The van der Waals surface area contributed by atoms with Gasteiger partial charge < -0.3 is 4.90 Å². The highest BCUT2D eigenvalue weighted by atomic mass is 16.2. The number of carbonyl (C=O) groups is 1. The van der Waals surface area contributed by atoms with Crippen LogP contribution in [0.25, 0.3) is 0 Å². The van der Waals surface area contributed by atoms with Crippen LogP contribution in [-0.4, -0.2) is 23.4 Å². The van der Waals surface area contributed by atoms with Crippen LogP contribution in [-0.2, 0) is 4.79 Å². The molecule has 3 aliphatic rings. The van der Waals surface area contributed by atoms with E-state index in [1.54, 1.807) is 0 Å². The highest BCUT2D eigenvalue weighted by Gasteiger charge is 2.40. The molecule has 0 spiro atoms. The Balaban J connectivity index is 1.74. The van der Waals surface area contributed by atoms with E-state index in [1.807, 2.05) is 0 Å². The van der Waals surface area contributed by atoms with Gasteiger partial charge in [0, 0.05) is 18.2 Å². The Morgan fingerprint density at radius 1 is 1.27 bits per heavy atom. The maximum atomic E-state index is 12.2. The van der Waals surface area contributed by atoms with E-state index >= 15 is 0 Å². The third-order valence-electron chi connectivity index (χ3n) is 4.34. The predicted molar refractivity (Wildman–Crippen MR) is 59.4 cm³/mol. The Hall–Kier alpha value is -0.790. The van der Waals surface area contributed by atoms with Gasteiger partial charge in [-0.2, -0.15) is 0 Å². The Morgan fingerprint density at radius 2 is 2.20 bits per heavy atom. The van der Waals surface area contributed by atoms with Gasteiger partial charge in [-0.15, -0.1) is 0 Å². The summed E-state index contributed by atoms with van der Waals surface area (Å²) in [4.78, 5) is 14.4. The van der Waals surface area contributed by atoms with Crippen LogP contribution >= 0.6 is 0 Å². The van der Waals surface area contributed by atoms with E-state index in [-0.39, 0.29) is 0 Å². The molecule has 0 N–H and O–H groups in total. The van der Waals surface area contributed by atoms with E-state index in [1.165, 1.54) is 32.1 Å². The van der Waals surface area contributed by atoms with Gasteiger partial charge in [0.2, 0.25) is 5.91 Å². The highest BCUT2D eigenvalue weighted by Crippen LogP contribution is 2.38. The van der Waals surface area contributed by atoms with Gasteiger partial charge in [-0.05, 0) is 44.4 Å². The van der Waals surface area contributed by atoms with Crippen molar-refractivity contribution in [2.45, 2.75) is 51.0 Å². The van der Waals surface area contributed by atoms with E-state index in [0.717, 1.165) is 30.9 Å². The van der Waals surface area contributed by atoms with Crippen molar-refractivity contribution in [1.82, 2.24) is 4.90 Å². The molecule has 82 valence electrons. The summed E-state index contributed by atoms with van der Waals surface area (Å²) in [6, 6.07) is 0.596. The number of rotatable bonds is 1. The normalized spacial score (nSPS) is 34.4. The molecule has 0 bridgehead atoms. The van der Waals surface area contributed by atoms with Gasteiger partial charge in [-0.25, -0.2) is 0 Å².